The number of carbonyl (C=O) groups is 2. The van der Waals surface area contributed by atoms with E-state index >= 15 is 0 Å². The maximum absolute atomic E-state index is 12.0. The molecule has 0 fully saturated rings. The van der Waals surface area contributed by atoms with Gasteiger partial charge in [0.15, 0.2) is 0 Å². The van der Waals surface area contributed by atoms with E-state index in [9.17, 15) is 32.3 Å². The highest BCUT2D eigenvalue weighted by atomic mass is 19.4. The van der Waals surface area contributed by atoms with Crippen molar-refractivity contribution in [3.8, 4) is 0 Å². The minimum Gasteiger partial charge on any atom is -0.350 e. The van der Waals surface area contributed by atoms with Gasteiger partial charge in [-0.2, -0.15) is 13.2 Å². The second-order valence-electron chi connectivity index (χ2n) is 9.41. The van der Waals surface area contributed by atoms with Gasteiger partial charge in [0.05, 0.1) is 25.7 Å². The van der Waals surface area contributed by atoms with Gasteiger partial charge < -0.3 is 10.6 Å². The van der Waals surface area contributed by atoms with Gasteiger partial charge in [0.1, 0.15) is 6.54 Å². The molecule has 4 aromatic rings. The van der Waals surface area contributed by atoms with Crippen molar-refractivity contribution < 1.29 is 25.6 Å². The number of amides is 2. The molecule has 4 rings (SSSR count). The van der Waals surface area contributed by atoms with E-state index in [1.54, 1.807) is 29.6 Å². The lowest BCUT2D eigenvalue weighted by molar-refractivity contribution is -0.123. The molecule has 0 unspecified atom stereocenters. The molecule has 13 heteroatoms. The first kappa shape index (κ1) is 31.5. The zero-order valence-electron chi connectivity index (χ0n) is 22.8. The third-order valence-electron chi connectivity index (χ3n) is 5.59. The van der Waals surface area contributed by atoms with E-state index < -0.39 is 18.6 Å². The molecule has 0 bridgehead atoms. The van der Waals surface area contributed by atoms with E-state index in [-0.39, 0.29) is 38.0 Å². The zero-order chi connectivity index (χ0) is 30.7. The topological polar surface area (TPSA) is 128 Å². The number of rotatable bonds is 8. The summed E-state index contributed by atoms with van der Waals surface area (Å²) in [5, 5.41) is 4.62. The Bertz CT molecular complexity index is 1610. The molecule has 2 aromatic carbocycles. The van der Waals surface area contributed by atoms with Crippen molar-refractivity contribution in [1.82, 2.24) is 29.7 Å². The summed E-state index contributed by atoms with van der Waals surface area (Å²) in [6.45, 7) is 3.16. The first-order valence-corrected chi connectivity index (χ1v) is 12.8. The summed E-state index contributed by atoms with van der Waals surface area (Å²) in [6.07, 6.45) is 1.29. The smallest absolute Gasteiger partial charge is 0.350 e. The molecule has 224 valence electrons. The maximum Gasteiger partial charge on any atom is 0.405 e. The SMILES string of the molecule is CC(C)NC(=O)c1ccc(Cn2cnccc2=O)cc1.O=C(NCC(F)(F)F)c1ccc(Cn2cnccc2=O)cc1.[HH].[HH]. The third-order valence-corrected chi connectivity index (χ3v) is 5.59. The number of hydrogen-bond donors (Lipinski definition) is 2. The number of carbonyl (C=O) groups excluding carboxylic acids is 2. The lowest BCUT2D eigenvalue weighted by Crippen LogP contribution is -2.33. The number of hydrogen-bond acceptors (Lipinski definition) is 6. The number of benzene rings is 2. The minimum atomic E-state index is -4.45. The van der Waals surface area contributed by atoms with Gasteiger partial charge in [0, 0.05) is 44.5 Å². The Balaban J connectivity index is 0.000000422. The Kier molecular flexibility index (Phi) is 10.9. The first-order chi connectivity index (χ1) is 19.9. The molecule has 2 N–H and O–H groups in total. The summed E-state index contributed by atoms with van der Waals surface area (Å²) in [6, 6.07) is 16.0. The van der Waals surface area contributed by atoms with Crippen molar-refractivity contribution in [3.63, 3.8) is 0 Å². The van der Waals surface area contributed by atoms with Gasteiger partial charge in [-0.1, -0.05) is 24.3 Å². The van der Waals surface area contributed by atoms with E-state index in [1.807, 2.05) is 26.0 Å². The van der Waals surface area contributed by atoms with E-state index in [0.717, 1.165) is 11.1 Å². The quantitative estimate of drug-likeness (QED) is 0.325. The average Bonchev–Trinajstić information content (AvgIpc) is 2.95. The lowest BCUT2D eigenvalue weighted by atomic mass is 10.1. The fourth-order valence-corrected chi connectivity index (χ4v) is 3.54. The molecule has 0 aliphatic heterocycles. The molecular formula is C29H33F3N6O4. The van der Waals surface area contributed by atoms with Crippen LogP contribution < -0.4 is 21.8 Å². The van der Waals surface area contributed by atoms with Crippen LogP contribution in [0.1, 0.15) is 48.5 Å². The van der Waals surface area contributed by atoms with E-state index in [2.05, 4.69) is 15.3 Å². The number of alkyl halides is 3. The van der Waals surface area contributed by atoms with Gasteiger partial charge in [-0.3, -0.25) is 28.3 Å². The van der Waals surface area contributed by atoms with Crippen LogP contribution in [0.2, 0.25) is 0 Å². The Hall–Kier alpha value is -5.07. The molecule has 0 atom stereocenters. The molecule has 0 aliphatic carbocycles. The van der Waals surface area contributed by atoms with Crippen LogP contribution in [0, 0.1) is 0 Å². The van der Waals surface area contributed by atoms with Gasteiger partial charge in [-0.05, 0) is 49.2 Å². The van der Waals surface area contributed by atoms with Crippen molar-refractivity contribution in [2.75, 3.05) is 6.54 Å². The average molecular weight is 587 g/mol. The predicted octanol–water partition coefficient (Wildman–Crippen LogP) is 3.51. The van der Waals surface area contributed by atoms with Crippen LogP contribution in [0.4, 0.5) is 13.2 Å². The van der Waals surface area contributed by atoms with Crippen LogP contribution in [-0.4, -0.2) is 49.7 Å². The Morgan fingerprint density at radius 3 is 1.57 bits per heavy atom. The fraction of sp³-hybridized carbons (Fsp3) is 0.241. The van der Waals surface area contributed by atoms with E-state index in [1.165, 1.54) is 58.4 Å². The highest BCUT2D eigenvalue weighted by molar-refractivity contribution is 5.94. The fourth-order valence-electron chi connectivity index (χ4n) is 3.54. The van der Waals surface area contributed by atoms with Crippen LogP contribution in [0.15, 0.2) is 95.3 Å². The third kappa shape index (κ3) is 10.2. The van der Waals surface area contributed by atoms with Gasteiger partial charge in [0.25, 0.3) is 22.9 Å². The summed E-state index contributed by atoms with van der Waals surface area (Å²) in [4.78, 5) is 54.2. The van der Waals surface area contributed by atoms with Crippen molar-refractivity contribution in [2.24, 2.45) is 0 Å². The summed E-state index contributed by atoms with van der Waals surface area (Å²) in [5.74, 6) is -0.896. The van der Waals surface area contributed by atoms with E-state index in [4.69, 9.17) is 0 Å². The van der Waals surface area contributed by atoms with Gasteiger partial charge >= 0.3 is 6.18 Å². The summed E-state index contributed by atoms with van der Waals surface area (Å²) in [5.41, 5.74) is 2.08. The first-order valence-electron chi connectivity index (χ1n) is 12.8. The number of aromatic nitrogens is 4. The summed E-state index contributed by atoms with van der Waals surface area (Å²) < 4.78 is 39.0. The molecule has 42 heavy (non-hydrogen) atoms. The van der Waals surface area contributed by atoms with Crippen LogP contribution in [-0.2, 0) is 13.1 Å². The largest absolute Gasteiger partial charge is 0.405 e. The Morgan fingerprint density at radius 1 is 0.762 bits per heavy atom. The molecule has 2 aromatic heterocycles. The van der Waals surface area contributed by atoms with Crippen molar-refractivity contribution in [2.45, 2.75) is 39.2 Å². The molecule has 0 spiro atoms. The second kappa shape index (κ2) is 14.5. The minimum absolute atomic E-state index is 0. The molecule has 0 saturated carbocycles. The highest BCUT2D eigenvalue weighted by Gasteiger charge is 2.27. The lowest BCUT2D eigenvalue weighted by Gasteiger charge is -2.09. The molecular weight excluding hydrogens is 553 g/mol. The number of nitrogens with zero attached hydrogens (tertiary/aromatic N) is 4. The summed E-state index contributed by atoms with van der Waals surface area (Å²) >= 11 is 0. The van der Waals surface area contributed by atoms with Gasteiger partial charge in [0.2, 0.25) is 0 Å². The predicted molar refractivity (Wildman–Crippen MR) is 153 cm³/mol. The van der Waals surface area contributed by atoms with Crippen molar-refractivity contribution in [3.05, 3.63) is 129 Å². The molecule has 10 nitrogen and oxygen atoms in total. The van der Waals surface area contributed by atoms with Gasteiger partial charge in [-0.15, -0.1) is 0 Å². The number of halogens is 3. The van der Waals surface area contributed by atoms with E-state index in [0.29, 0.717) is 12.1 Å². The second-order valence-corrected chi connectivity index (χ2v) is 9.41. The van der Waals surface area contributed by atoms with Crippen LogP contribution in [0.25, 0.3) is 0 Å². The standard InChI is InChI=1S/C15H17N3O2.C14H12F3N3O2.2H2/c1-11(2)17-15(20)13-5-3-12(4-6-13)9-18-10-16-8-7-14(18)19;15-14(16,17)8-19-13(22)11-3-1-10(2-4-11)7-20-9-18-6-5-12(20)21;;/h3-8,10-11H,9H2,1-2H3,(H,17,20);1-6,9H,7-8H2,(H,19,22);2*1H. The molecule has 2 heterocycles. The van der Waals surface area contributed by atoms with Crippen LogP contribution in [0.3, 0.4) is 0 Å². The van der Waals surface area contributed by atoms with Crippen molar-refractivity contribution >= 4 is 11.8 Å². The maximum atomic E-state index is 12.0. The van der Waals surface area contributed by atoms with Crippen molar-refractivity contribution in [1.29, 1.82) is 0 Å². The molecule has 2 amide bonds. The van der Waals surface area contributed by atoms with Gasteiger partial charge in [-0.25, -0.2) is 9.97 Å². The summed E-state index contributed by atoms with van der Waals surface area (Å²) in [7, 11) is 0. The van der Waals surface area contributed by atoms with Crippen LogP contribution >= 0.6 is 0 Å². The zero-order valence-corrected chi connectivity index (χ0v) is 22.8. The number of nitrogens with one attached hydrogen (secondary N) is 2. The molecule has 0 radical (unpaired) electrons. The normalized spacial score (nSPS) is 10.9. The van der Waals surface area contributed by atoms with Crippen LogP contribution in [0.5, 0.6) is 0 Å². The molecule has 0 aliphatic rings. The highest BCUT2D eigenvalue weighted by Crippen LogP contribution is 2.13. The Labute approximate surface area is 241 Å². The Morgan fingerprint density at radius 2 is 1.19 bits per heavy atom. The monoisotopic (exact) mass is 586 g/mol. The molecule has 0 saturated heterocycles.